The molecule has 0 aliphatic carbocycles. The highest BCUT2D eigenvalue weighted by molar-refractivity contribution is 6.15. The molecule has 0 atom stereocenters. The molecular weight excluding hydrogens is 743 g/mol. The van der Waals surface area contributed by atoms with Crippen LogP contribution in [0.4, 0.5) is 5.69 Å². The highest BCUT2D eigenvalue weighted by atomic mass is 15.0. The maximum atomic E-state index is 10.4. The molecule has 0 bridgehead atoms. The Morgan fingerprint density at radius 2 is 0.738 bits per heavy atom. The number of aromatic nitrogens is 3. The van der Waals surface area contributed by atoms with E-state index in [1.54, 1.807) is 18.2 Å². The number of para-hydroxylation sites is 5. The predicted octanol–water partition coefficient (Wildman–Crippen LogP) is 14.7. The number of fused-ring (bicyclic) bond motifs is 9. The van der Waals surface area contributed by atoms with Crippen molar-refractivity contribution >= 4 is 71.1 Å². The lowest BCUT2D eigenvalue weighted by Crippen LogP contribution is -1.98. The van der Waals surface area contributed by atoms with Crippen LogP contribution in [0.3, 0.4) is 0 Å². The standard InChI is InChI=1S/C56H33N5/c1-58-49-20-12-13-40(35-57)56(49)61-54-29-25-38(36-23-27-52-45(31-36)43-18-8-10-21-50(43)59(52)41-14-4-2-5-15-41)33-47(54)48-34-39(26-30-55(48)61)37-24-28-53-46(32-37)44-19-9-11-22-51(44)60(53)42-16-6-3-7-17-42/h2-34H. The summed E-state index contributed by atoms with van der Waals surface area (Å²) in [5.74, 6) is 0. The molecule has 5 nitrogen and oxygen atoms in total. The van der Waals surface area contributed by atoms with Gasteiger partial charge in [0.05, 0.1) is 57.0 Å². The van der Waals surface area contributed by atoms with E-state index in [0.29, 0.717) is 16.9 Å². The van der Waals surface area contributed by atoms with Gasteiger partial charge in [0, 0.05) is 43.7 Å². The van der Waals surface area contributed by atoms with Gasteiger partial charge in [-0.3, -0.25) is 0 Å². The molecule has 0 spiro atoms. The van der Waals surface area contributed by atoms with Crippen molar-refractivity contribution in [2.45, 2.75) is 0 Å². The molecule has 0 amide bonds. The molecule has 0 unspecified atom stereocenters. The SMILES string of the molecule is [C-]#[N+]c1cccc(C#N)c1-n1c2ccc(-c3ccc4c(c3)c3ccccc3n4-c3ccccc3)cc2c2cc(-c3ccc4c(c3)c3ccccc3n4-c3ccccc3)ccc21. The van der Waals surface area contributed by atoms with Crippen LogP contribution < -0.4 is 0 Å². The number of benzene rings is 9. The van der Waals surface area contributed by atoms with E-state index < -0.39 is 0 Å². The van der Waals surface area contributed by atoms with Gasteiger partial charge in [0.2, 0.25) is 5.69 Å². The Balaban J connectivity index is 1.08. The van der Waals surface area contributed by atoms with Crippen LogP contribution >= 0.6 is 0 Å². The summed E-state index contributed by atoms with van der Waals surface area (Å²) in [4.78, 5) is 3.91. The molecule has 0 N–H and O–H groups in total. The van der Waals surface area contributed by atoms with Gasteiger partial charge in [-0.15, -0.1) is 0 Å². The van der Waals surface area contributed by atoms with E-state index in [4.69, 9.17) is 6.57 Å². The molecule has 3 aromatic heterocycles. The van der Waals surface area contributed by atoms with Crippen LogP contribution in [0.5, 0.6) is 0 Å². The highest BCUT2D eigenvalue weighted by Crippen LogP contribution is 2.42. The highest BCUT2D eigenvalue weighted by Gasteiger charge is 2.21. The molecular formula is C56H33N5. The minimum atomic E-state index is 0.437. The van der Waals surface area contributed by atoms with Crippen LogP contribution in [0, 0.1) is 17.9 Å². The predicted molar refractivity (Wildman–Crippen MR) is 251 cm³/mol. The van der Waals surface area contributed by atoms with Crippen molar-refractivity contribution < 1.29 is 0 Å². The van der Waals surface area contributed by atoms with Gasteiger partial charge in [-0.2, -0.15) is 5.26 Å². The minimum absolute atomic E-state index is 0.437. The molecule has 3 heterocycles. The van der Waals surface area contributed by atoms with Gasteiger partial charge in [0.1, 0.15) is 0 Å². The van der Waals surface area contributed by atoms with Crippen LogP contribution in [-0.4, -0.2) is 13.7 Å². The fraction of sp³-hybridized carbons (Fsp3) is 0. The first-order valence-electron chi connectivity index (χ1n) is 20.4. The van der Waals surface area contributed by atoms with Crippen molar-refractivity contribution in [2.75, 3.05) is 0 Å². The number of hydrogen-bond donors (Lipinski definition) is 0. The van der Waals surface area contributed by atoms with Gasteiger partial charge in [-0.25, -0.2) is 4.85 Å². The average Bonchev–Trinajstić information content (AvgIpc) is 3.96. The second kappa shape index (κ2) is 13.5. The Morgan fingerprint density at radius 1 is 0.361 bits per heavy atom. The first-order chi connectivity index (χ1) is 30.2. The Kier molecular flexibility index (Phi) is 7.59. The summed E-state index contributed by atoms with van der Waals surface area (Å²) in [5, 5.41) is 17.3. The van der Waals surface area contributed by atoms with Crippen molar-refractivity contribution in [3.05, 3.63) is 217 Å². The smallest absolute Gasteiger partial charge is 0.211 e. The Morgan fingerprint density at radius 3 is 1.16 bits per heavy atom. The Labute approximate surface area is 351 Å². The minimum Gasteiger partial charge on any atom is -0.318 e. The lowest BCUT2D eigenvalue weighted by atomic mass is 9.98. The van der Waals surface area contributed by atoms with E-state index in [1.807, 2.05) is 0 Å². The summed E-state index contributed by atoms with van der Waals surface area (Å²) < 4.78 is 6.79. The fourth-order valence-electron chi connectivity index (χ4n) is 9.59. The van der Waals surface area contributed by atoms with Gasteiger partial charge in [0.15, 0.2) is 0 Å². The van der Waals surface area contributed by atoms with Crippen molar-refractivity contribution in [3.8, 4) is 45.4 Å². The van der Waals surface area contributed by atoms with E-state index >= 15 is 0 Å². The van der Waals surface area contributed by atoms with E-state index in [9.17, 15) is 5.26 Å². The van der Waals surface area contributed by atoms with E-state index in [2.05, 4.69) is 207 Å². The van der Waals surface area contributed by atoms with Crippen molar-refractivity contribution in [1.82, 2.24) is 13.7 Å². The fourth-order valence-corrected chi connectivity index (χ4v) is 9.59. The molecule has 0 aliphatic heterocycles. The quantitative estimate of drug-likeness (QED) is 0.161. The number of hydrogen-bond acceptors (Lipinski definition) is 1. The molecule has 12 aromatic rings. The first-order valence-corrected chi connectivity index (χ1v) is 20.4. The summed E-state index contributed by atoms with van der Waals surface area (Å²) >= 11 is 0. The third kappa shape index (κ3) is 5.18. The summed E-state index contributed by atoms with van der Waals surface area (Å²) in [6.45, 7) is 8.13. The number of rotatable bonds is 5. The molecule has 0 fully saturated rings. The third-order valence-electron chi connectivity index (χ3n) is 12.3. The van der Waals surface area contributed by atoms with E-state index in [0.717, 1.165) is 66.5 Å². The first kappa shape index (κ1) is 34.4. The van der Waals surface area contributed by atoms with Crippen LogP contribution in [0.15, 0.2) is 200 Å². The monoisotopic (exact) mass is 775 g/mol. The maximum Gasteiger partial charge on any atom is 0.211 e. The Hall–Kier alpha value is -8.64. The normalized spacial score (nSPS) is 11.6. The molecule has 0 saturated heterocycles. The molecule has 5 heteroatoms. The lowest BCUT2D eigenvalue weighted by Gasteiger charge is -2.12. The zero-order valence-electron chi connectivity index (χ0n) is 32.8. The zero-order valence-corrected chi connectivity index (χ0v) is 32.8. The van der Waals surface area contributed by atoms with E-state index in [1.165, 1.54) is 32.6 Å². The number of nitrogens with zero attached hydrogens (tertiary/aromatic N) is 5. The lowest BCUT2D eigenvalue weighted by molar-refractivity contribution is 1.17. The second-order valence-corrected chi connectivity index (χ2v) is 15.5. The van der Waals surface area contributed by atoms with Gasteiger partial charge in [-0.1, -0.05) is 109 Å². The third-order valence-corrected chi connectivity index (χ3v) is 12.3. The molecule has 0 radical (unpaired) electrons. The summed E-state index contributed by atoms with van der Waals surface area (Å²) in [7, 11) is 0. The summed E-state index contributed by atoms with van der Waals surface area (Å²) in [6, 6.07) is 72.8. The maximum absolute atomic E-state index is 10.4. The number of nitriles is 1. The summed E-state index contributed by atoms with van der Waals surface area (Å²) in [5.41, 5.74) is 14.7. The molecule has 12 rings (SSSR count). The van der Waals surface area contributed by atoms with Crippen LogP contribution in [0.1, 0.15) is 5.56 Å². The largest absolute Gasteiger partial charge is 0.318 e. The molecule has 9 aromatic carbocycles. The molecule has 0 aliphatic rings. The molecule has 0 saturated carbocycles. The van der Waals surface area contributed by atoms with Crippen LogP contribution in [0.2, 0.25) is 0 Å². The van der Waals surface area contributed by atoms with E-state index in [-0.39, 0.29) is 0 Å². The Bertz CT molecular complexity index is 3590. The average molecular weight is 776 g/mol. The van der Waals surface area contributed by atoms with Crippen LogP contribution in [0.25, 0.3) is 110 Å². The van der Waals surface area contributed by atoms with Crippen molar-refractivity contribution in [3.63, 3.8) is 0 Å². The molecule has 61 heavy (non-hydrogen) atoms. The van der Waals surface area contributed by atoms with Crippen molar-refractivity contribution in [1.29, 1.82) is 5.26 Å². The topological polar surface area (TPSA) is 42.9 Å². The molecule has 282 valence electrons. The van der Waals surface area contributed by atoms with Gasteiger partial charge >= 0.3 is 0 Å². The van der Waals surface area contributed by atoms with Gasteiger partial charge < -0.3 is 13.7 Å². The summed E-state index contributed by atoms with van der Waals surface area (Å²) in [6.07, 6.45) is 0. The van der Waals surface area contributed by atoms with Gasteiger partial charge in [0.25, 0.3) is 0 Å². The van der Waals surface area contributed by atoms with Gasteiger partial charge in [-0.05, 0) is 113 Å². The second-order valence-electron chi connectivity index (χ2n) is 15.5. The zero-order chi connectivity index (χ0) is 40.6. The van der Waals surface area contributed by atoms with Crippen LogP contribution in [-0.2, 0) is 0 Å². The van der Waals surface area contributed by atoms with Crippen molar-refractivity contribution in [2.24, 2.45) is 0 Å².